The SMILES string of the molecule is CC1C2c3ccccc3C(c3ccccc32)C1(C)C(=O)OC(C(F)(F)F)C(F)(F)S(=O)(=O)O. The normalized spacial score (nSPS) is 27.5. The number of hydrogen-bond acceptors (Lipinski definition) is 4. The smallest absolute Gasteiger partial charge is 0.432 e. The van der Waals surface area contributed by atoms with Crippen molar-refractivity contribution < 1.29 is 44.5 Å². The van der Waals surface area contributed by atoms with Crippen LogP contribution in [0.15, 0.2) is 48.5 Å². The third-order valence-electron chi connectivity index (χ3n) is 6.94. The van der Waals surface area contributed by atoms with Crippen LogP contribution in [0.5, 0.6) is 0 Å². The Bertz CT molecular complexity index is 1180. The van der Waals surface area contributed by atoms with E-state index in [2.05, 4.69) is 4.74 Å². The highest BCUT2D eigenvalue weighted by Crippen LogP contribution is 2.64. The van der Waals surface area contributed by atoms with Crippen LogP contribution >= 0.6 is 0 Å². The summed E-state index contributed by atoms with van der Waals surface area (Å²) < 4.78 is 103. The molecule has 5 rings (SSSR count). The molecule has 3 aliphatic carbocycles. The van der Waals surface area contributed by atoms with Crippen molar-refractivity contribution in [1.29, 1.82) is 0 Å². The maximum Gasteiger partial charge on any atom is 0.432 e. The van der Waals surface area contributed by atoms with Crippen LogP contribution in [0.1, 0.15) is 47.9 Å². The topological polar surface area (TPSA) is 80.7 Å². The maximum absolute atomic E-state index is 14.1. The molecule has 0 saturated heterocycles. The van der Waals surface area contributed by atoms with Gasteiger partial charge in [0.15, 0.2) is 0 Å². The summed E-state index contributed by atoms with van der Waals surface area (Å²) in [5.74, 6) is -3.54. The Hall–Kier alpha value is -2.53. The van der Waals surface area contributed by atoms with E-state index in [1.807, 2.05) is 12.1 Å². The second-order valence-corrected chi connectivity index (χ2v) is 10.1. The fourth-order valence-electron chi connectivity index (χ4n) is 5.24. The number of carbonyl (C=O) groups is 1. The quantitative estimate of drug-likeness (QED) is 0.376. The third kappa shape index (κ3) is 3.27. The summed E-state index contributed by atoms with van der Waals surface area (Å²) in [6.45, 7) is 2.96. The Morgan fingerprint density at radius 2 is 1.39 bits per heavy atom. The van der Waals surface area contributed by atoms with E-state index in [0.717, 1.165) is 11.1 Å². The van der Waals surface area contributed by atoms with E-state index in [4.69, 9.17) is 4.55 Å². The predicted molar refractivity (Wildman–Crippen MR) is 106 cm³/mol. The van der Waals surface area contributed by atoms with E-state index in [9.17, 15) is 35.2 Å². The summed E-state index contributed by atoms with van der Waals surface area (Å²) >= 11 is 0. The van der Waals surface area contributed by atoms with Crippen LogP contribution in [0, 0.1) is 11.3 Å². The molecule has 0 heterocycles. The van der Waals surface area contributed by atoms with Gasteiger partial charge in [-0.2, -0.15) is 30.4 Å². The van der Waals surface area contributed by atoms with E-state index < -0.39 is 56.8 Å². The molecule has 2 bridgehead atoms. The zero-order chi connectivity index (χ0) is 24.6. The molecule has 3 unspecified atom stereocenters. The van der Waals surface area contributed by atoms with Gasteiger partial charge in [0.2, 0.25) is 0 Å². The first kappa shape index (κ1) is 23.6. The summed E-state index contributed by atoms with van der Waals surface area (Å²) in [5, 5.41) is -5.79. The van der Waals surface area contributed by atoms with Gasteiger partial charge in [-0.15, -0.1) is 0 Å². The average Bonchev–Trinajstić information content (AvgIpc) is 2.72. The second kappa shape index (κ2) is 7.23. The number of esters is 1. The fraction of sp³-hybridized carbons (Fsp3) is 0.409. The van der Waals surface area contributed by atoms with Crippen molar-refractivity contribution >= 4 is 16.1 Å². The summed E-state index contributed by atoms with van der Waals surface area (Å²) in [6, 6.07) is 14.1. The number of rotatable bonds is 4. The van der Waals surface area contributed by atoms with Gasteiger partial charge in [-0.05, 0) is 35.1 Å². The third-order valence-corrected chi connectivity index (χ3v) is 7.84. The molecule has 0 aromatic heterocycles. The monoisotopic (exact) mass is 490 g/mol. The van der Waals surface area contributed by atoms with Crippen LogP contribution in [0.4, 0.5) is 22.0 Å². The van der Waals surface area contributed by atoms with Gasteiger partial charge in [0.25, 0.3) is 6.10 Å². The van der Waals surface area contributed by atoms with Gasteiger partial charge in [-0.25, -0.2) is 0 Å². The van der Waals surface area contributed by atoms with Crippen LogP contribution in [-0.2, 0) is 19.6 Å². The molecular weight excluding hydrogens is 471 g/mol. The van der Waals surface area contributed by atoms with Gasteiger partial charge >= 0.3 is 27.5 Å². The lowest BCUT2D eigenvalue weighted by Crippen LogP contribution is -2.57. The van der Waals surface area contributed by atoms with E-state index in [0.29, 0.717) is 11.1 Å². The molecule has 0 aliphatic heterocycles. The van der Waals surface area contributed by atoms with Crippen molar-refractivity contribution in [2.24, 2.45) is 11.3 Å². The largest absolute Gasteiger partial charge is 0.444 e. The van der Waals surface area contributed by atoms with E-state index in [-0.39, 0.29) is 0 Å². The lowest BCUT2D eigenvalue weighted by molar-refractivity contribution is -0.264. The average molecular weight is 490 g/mol. The van der Waals surface area contributed by atoms with Gasteiger partial charge in [-0.1, -0.05) is 55.5 Å². The van der Waals surface area contributed by atoms with E-state index >= 15 is 0 Å². The van der Waals surface area contributed by atoms with Crippen molar-refractivity contribution in [3.05, 3.63) is 70.8 Å². The molecule has 1 N–H and O–H groups in total. The highest BCUT2D eigenvalue weighted by atomic mass is 32.2. The molecule has 5 nitrogen and oxygen atoms in total. The van der Waals surface area contributed by atoms with Crippen molar-refractivity contribution in [1.82, 2.24) is 0 Å². The number of fused-ring (bicyclic) bond motifs is 1. The van der Waals surface area contributed by atoms with Crippen molar-refractivity contribution in [3.63, 3.8) is 0 Å². The Labute approximate surface area is 186 Å². The molecule has 0 spiro atoms. The fourth-order valence-corrected chi connectivity index (χ4v) is 5.69. The molecule has 0 amide bonds. The van der Waals surface area contributed by atoms with Crippen LogP contribution in [-0.4, -0.2) is 36.5 Å². The summed E-state index contributed by atoms with van der Waals surface area (Å²) in [6.07, 6.45) is -10.3. The Kier molecular flexibility index (Phi) is 5.18. The van der Waals surface area contributed by atoms with Gasteiger partial charge in [-0.3, -0.25) is 9.35 Å². The molecular formula is C22H19F5O5S. The molecule has 11 heteroatoms. The minimum Gasteiger partial charge on any atom is -0.444 e. The number of alkyl halides is 5. The minimum absolute atomic E-state index is 0.425. The molecule has 178 valence electrons. The molecule has 0 saturated carbocycles. The lowest BCUT2D eigenvalue weighted by Gasteiger charge is -2.54. The van der Waals surface area contributed by atoms with Gasteiger partial charge < -0.3 is 4.74 Å². The van der Waals surface area contributed by atoms with E-state index in [1.54, 1.807) is 43.3 Å². The number of hydrogen-bond donors (Lipinski definition) is 1. The lowest BCUT2D eigenvalue weighted by atomic mass is 9.48. The molecule has 33 heavy (non-hydrogen) atoms. The number of halogens is 5. The molecule has 3 atom stereocenters. The van der Waals surface area contributed by atoms with Crippen molar-refractivity contribution in [3.8, 4) is 0 Å². The van der Waals surface area contributed by atoms with E-state index in [1.165, 1.54) is 6.92 Å². The molecule has 3 aliphatic rings. The number of ether oxygens (including phenoxy) is 1. The Balaban J connectivity index is 1.85. The van der Waals surface area contributed by atoms with Crippen LogP contribution in [0.25, 0.3) is 0 Å². The van der Waals surface area contributed by atoms with Gasteiger partial charge in [0, 0.05) is 11.8 Å². The minimum atomic E-state index is -6.53. The molecule has 2 aromatic rings. The Morgan fingerprint density at radius 1 is 0.970 bits per heavy atom. The van der Waals surface area contributed by atoms with Crippen molar-refractivity contribution in [2.75, 3.05) is 0 Å². The van der Waals surface area contributed by atoms with Crippen LogP contribution in [0.2, 0.25) is 0 Å². The molecule has 0 fully saturated rings. The highest BCUT2D eigenvalue weighted by Gasteiger charge is 2.68. The summed E-state index contributed by atoms with van der Waals surface area (Å²) in [4.78, 5) is 13.2. The predicted octanol–water partition coefficient (Wildman–Crippen LogP) is 4.87. The summed E-state index contributed by atoms with van der Waals surface area (Å²) in [7, 11) is -6.53. The number of benzene rings is 2. The standard InChI is InChI=1S/C22H19F5O5S/c1-11-16-12-7-3-5-9-14(12)17(15-10-6-4-8-13(15)16)20(11,2)19(28)32-18(21(23,24)25)22(26,27)33(29,30)31/h3-11,16-18H,1-2H3,(H,29,30,31). The highest BCUT2D eigenvalue weighted by molar-refractivity contribution is 7.86. The first-order valence-corrected chi connectivity index (χ1v) is 11.4. The Morgan fingerprint density at radius 3 is 1.79 bits per heavy atom. The summed E-state index contributed by atoms with van der Waals surface area (Å²) in [5.41, 5.74) is 1.32. The van der Waals surface area contributed by atoms with Crippen LogP contribution < -0.4 is 0 Å². The maximum atomic E-state index is 14.1. The van der Waals surface area contributed by atoms with Gasteiger partial charge in [0.1, 0.15) is 0 Å². The van der Waals surface area contributed by atoms with Gasteiger partial charge in [0.05, 0.1) is 5.41 Å². The first-order chi connectivity index (χ1) is 15.1. The number of carbonyl (C=O) groups excluding carboxylic acids is 1. The molecule has 0 radical (unpaired) electrons. The van der Waals surface area contributed by atoms with Crippen LogP contribution in [0.3, 0.4) is 0 Å². The zero-order valence-electron chi connectivity index (χ0n) is 17.3. The van der Waals surface area contributed by atoms with Crippen molar-refractivity contribution in [2.45, 2.75) is 43.2 Å². The molecule has 2 aromatic carbocycles. The zero-order valence-corrected chi connectivity index (χ0v) is 18.1. The second-order valence-electron chi connectivity index (χ2n) is 8.60. The first-order valence-electron chi connectivity index (χ1n) is 9.93.